The highest BCUT2D eigenvalue weighted by atomic mass is 16.3. The van der Waals surface area contributed by atoms with Crippen LogP contribution in [0.4, 0.5) is 0 Å². The molecular weight excluding hydrogens is 184 g/mol. The van der Waals surface area contributed by atoms with Crippen LogP contribution in [-0.2, 0) is 12.8 Å². The van der Waals surface area contributed by atoms with Crippen molar-refractivity contribution >= 4 is 0 Å². The highest BCUT2D eigenvalue weighted by Gasteiger charge is 2.28. The van der Waals surface area contributed by atoms with E-state index in [0.717, 1.165) is 19.3 Å². The van der Waals surface area contributed by atoms with Crippen LogP contribution in [0.2, 0.25) is 0 Å². The lowest BCUT2D eigenvalue weighted by Gasteiger charge is -2.09. The van der Waals surface area contributed by atoms with Crippen LogP contribution in [0.15, 0.2) is 24.3 Å². The summed E-state index contributed by atoms with van der Waals surface area (Å²) in [6.07, 6.45) is 5.45. The van der Waals surface area contributed by atoms with E-state index in [1.807, 2.05) is 0 Å². The van der Waals surface area contributed by atoms with E-state index in [1.54, 1.807) is 0 Å². The Morgan fingerprint density at radius 3 is 2.73 bits per heavy atom. The fourth-order valence-corrected chi connectivity index (χ4v) is 2.04. The quantitative estimate of drug-likeness (QED) is 0.782. The van der Waals surface area contributed by atoms with Gasteiger partial charge in [0.05, 0.1) is 6.10 Å². The van der Waals surface area contributed by atoms with Gasteiger partial charge < -0.3 is 5.11 Å². The normalized spacial score (nSPS) is 17.7. The molecule has 1 aromatic rings. The topological polar surface area (TPSA) is 20.2 Å². The number of rotatable bonds is 5. The zero-order chi connectivity index (χ0) is 10.7. The van der Waals surface area contributed by atoms with Gasteiger partial charge in [0.2, 0.25) is 0 Å². The third kappa shape index (κ3) is 3.07. The molecule has 0 aliphatic heterocycles. The lowest BCUT2D eigenvalue weighted by molar-refractivity contribution is 0.142. The highest BCUT2D eigenvalue weighted by Crippen LogP contribution is 2.34. The minimum atomic E-state index is -0.0599. The second-order valence-corrected chi connectivity index (χ2v) is 4.62. The molecule has 0 saturated heterocycles. The van der Waals surface area contributed by atoms with Gasteiger partial charge in [0, 0.05) is 0 Å². The number of hydrogen-bond acceptors (Lipinski definition) is 1. The fourth-order valence-electron chi connectivity index (χ4n) is 2.04. The van der Waals surface area contributed by atoms with E-state index >= 15 is 0 Å². The minimum Gasteiger partial charge on any atom is -0.393 e. The monoisotopic (exact) mass is 204 g/mol. The molecule has 0 aromatic heterocycles. The molecule has 1 nitrogen and oxygen atoms in total. The smallest absolute Gasteiger partial charge is 0.0571 e. The van der Waals surface area contributed by atoms with E-state index in [0.29, 0.717) is 5.92 Å². The largest absolute Gasteiger partial charge is 0.393 e. The predicted molar refractivity (Wildman–Crippen MR) is 62.9 cm³/mol. The first-order valence-electron chi connectivity index (χ1n) is 6.05. The number of aliphatic hydroxyl groups is 1. The van der Waals surface area contributed by atoms with Gasteiger partial charge >= 0.3 is 0 Å². The Kier molecular flexibility index (Phi) is 3.42. The van der Waals surface area contributed by atoms with Gasteiger partial charge in [-0.05, 0) is 49.1 Å². The molecule has 0 spiro atoms. The van der Waals surface area contributed by atoms with Crippen LogP contribution < -0.4 is 0 Å². The molecule has 2 rings (SSSR count). The molecule has 1 aliphatic rings. The van der Waals surface area contributed by atoms with Crippen LogP contribution in [0.25, 0.3) is 0 Å². The summed E-state index contributed by atoms with van der Waals surface area (Å²) in [6.45, 7) is 2.18. The SMILES string of the molecule is CCc1cccc(CCC(O)C2CC2)c1. The zero-order valence-corrected chi connectivity index (χ0v) is 9.45. The molecule has 0 bridgehead atoms. The van der Waals surface area contributed by atoms with E-state index in [-0.39, 0.29) is 6.10 Å². The number of benzene rings is 1. The van der Waals surface area contributed by atoms with Crippen molar-refractivity contribution < 1.29 is 5.11 Å². The minimum absolute atomic E-state index is 0.0599. The van der Waals surface area contributed by atoms with Crippen molar-refractivity contribution in [3.8, 4) is 0 Å². The van der Waals surface area contributed by atoms with E-state index in [1.165, 1.54) is 24.0 Å². The third-order valence-corrected chi connectivity index (χ3v) is 3.29. The molecule has 1 fully saturated rings. The van der Waals surface area contributed by atoms with E-state index < -0.39 is 0 Å². The van der Waals surface area contributed by atoms with Gasteiger partial charge in [-0.2, -0.15) is 0 Å². The standard InChI is InChI=1S/C14H20O/c1-2-11-4-3-5-12(10-11)6-9-14(15)13-7-8-13/h3-5,10,13-15H,2,6-9H2,1H3. The maximum Gasteiger partial charge on any atom is 0.0571 e. The molecule has 15 heavy (non-hydrogen) atoms. The van der Waals surface area contributed by atoms with Gasteiger partial charge in [-0.1, -0.05) is 31.2 Å². The molecule has 0 radical (unpaired) electrons. The Labute approximate surface area is 92.1 Å². The maximum atomic E-state index is 9.78. The first-order chi connectivity index (χ1) is 7.29. The van der Waals surface area contributed by atoms with E-state index in [9.17, 15) is 5.11 Å². The number of aliphatic hydroxyl groups excluding tert-OH is 1. The van der Waals surface area contributed by atoms with Gasteiger partial charge in [-0.3, -0.25) is 0 Å². The molecule has 1 aromatic carbocycles. The zero-order valence-electron chi connectivity index (χ0n) is 9.45. The van der Waals surface area contributed by atoms with Crippen LogP contribution in [0.3, 0.4) is 0 Å². The first-order valence-corrected chi connectivity index (χ1v) is 6.05. The summed E-state index contributed by atoms with van der Waals surface area (Å²) >= 11 is 0. The van der Waals surface area contributed by atoms with Crippen molar-refractivity contribution in [1.82, 2.24) is 0 Å². The average molecular weight is 204 g/mol. The second kappa shape index (κ2) is 4.80. The van der Waals surface area contributed by atoms with Crippen molar-refractivity contribution in [2.75, 3.05) is 0 Å². The highest BCUT2D eigenvalue weighted by molar-refractivity contribution is 5.23. The lowest BCUT2D eigenvalue weighted by Crippen LogP contribution is -2.10. The van der Waals surface area contributed by atoms with Crippen LogP contribution >= 0.6 is 0 Å². The van der Waals surface area contributed by atoms with E-state index in [4.69, 9.17) is 0 Å². The Balaban J connectivity index is 1.86. The Morgan fingerprint density at radius 2 is 2.07 bits per heavy atom. The Hall–Kier alpha value is -0.820. The van der Waals surface area contributed by atoms with Crippen molar-refractivity contribution in [3.63, 3.8) is 0 Å². The summed E-state index contributed by atoms with van der Waals surface area (Å²) in [5.41, 5.74) is 2.77. The summed E-state index contributed by atoms with van der Waals surface area (Å²) in [5, 5.41) is 9.78. The maximum absolute atomic E-state index is 9.78. The van der Waals surface area contributed by atoms with Gasteiger partial charge in [0.15, 0.2) is 0 Å². The molecule has 1 saturated carbocycles. The van der Waals surface area contributed by atoms with Crippen LogP contribution in [0.5, 0.6) is 0 Å². The van der Waals surface area contributed by atoms with Gasteiger partial charge in [0.25, 0.3) is 0 Å². The van der Waals surface area contributed by atoms with E-state index in [2.05, 4.69) is 31.2 Å². The molecule has 1 heteroatoms. The molecule has 0 amide bonds. The molecule has 1 atom stereocenters. The van der Waals surface area contributed by atoms with Crippen LogP contribution in [0, 0.1) is 5.92 Å². The molecule has 82 valence electrons. The van der Waals surface area contributed by atoms with Crippen LogP contribution in [0.1, 0.15) is 37.3 Å². The second-order valence-electron chi connectivity index (χ2n) is 4.62. The summed E-state index contributed by atoms with van der Waals surface area (Å²) in [4.78, 5) is 0. The Morgan fingerprint density at radius 1 is 1.33 bits per heavy atom. The first kappa shape index (κ1) is 10.7. The van der Waals surface area contributed by atoms with Gasteiger partial charge in [0.1, 0.15) is 0 Å². The number of hydrogen-bond donors (Lipinski definition) is 1. The summed E-state index contributed by atoms with van der Waals surface area (Å²) in [6, 6.07) is 8.72. The average Bonchev–Trinajstić information content (AvgIpc) is 3.10. The molecule has 1 N–H and O–H groups in total. The summed E-state index contributed by atoms with van der Waals surface area (Å²) in [5.74, 6) is 0.611. The summed E-state index contributed by atoms with van der Waals surface area (Å²) in [7, 11) is 0. The lowest BCUT2D eigenvalue weighted by atomic mass is 10.0. The van der Waals surface area contributed by atoms with Gasteiger partial charge in [-0.15, -0.1) is 0 Å². The van der Waals surface area contributed by atoms with Crippen molar-refractivity contribution in [2.45, 2.75) is 45.1 Å². The third-order valence-electron chi connectivity index (χ3n) is 3.29. The van der Waals surface area contributed by atoms with Crippen molar-refractivity contribution in [2.24, 2.45) is 5.92 Å². The molecule has 1 unspecified atom stereocenters. The Bertz CT molecular complexity index is 315. The molecule has 0 heterocycles. The van der Waals surface area contributed by atoms with Gasteiger partial charge in [-0.25, -0.2) is 0 Å². The molecule has 1 aliphatic carbocycles. The molecular formula is C14H20O. The van der Waals surface area contributed by atoms with Crippen molar-refractivity contribution in [3.05, 3.63) is 35.4 Å². The number of aryl methyl sites for hydroxylation is 2. The predicted octanol–water partition coefficient (Wildman–Crippen LogP) is 2.95. The fraction of sp³-hybridized carbons (Fsp3) is 0.571. The van der Waals surface area contributed by atoms with Crippen LogP contribution in [-0.4, -0.2) is 11.2 Å². The summed E-state index contributed by atoms with van der Waals surface area (Å²) < 4.78 is 0. The van der Waals surface area contributed by atoms with Crippen molar-refractivity contribution in [1.29, 1.82) is 0 Å².